The molecule has 4 aromatic rings. The number of hydrogen-bond donors (Lipinski definition) is 2. The number of fused-ring (bicyclic) bond motifs is 2. The molecule has 38 heavy (non-hydrogen) atoms. The van der Waals surface area contributed by atoms with E-state index in [2.05, 4.69) is 20.0 Å². The number of anilines is 2. The molecule has 194 valence electrons. The summed E-state index contributed by atoms with van der Waals surface area (Å²) in [6, 6.07) is 12.5. The predicted octanol–water partition coefficient (Wildman–Crippen LogP) is 0.836. The third-order valence-electron chi connectivity index (χ3n) is 6.09. The molecule has 1 amide bonds. The maximum Gasteiger partial charge on any atom is 0.332 e. The molecular formula is C24H21N7O6S. The summed E-state index contributed by atoms with van der Waals surface area (Å²) in [5, 5.41) is 5.53. The van der Waals surface area contributed by atoms with Gasteiger partial charge in [0.15, 0.2) is 22.8 Å². The van der Waals surface area contributed by atoms with Crippen LogP contribution in [0.4, 0.5) is 11.6 Å². The van der Waals surface area contributed by atoms with E-state index in [-0.39, 0.29) is 33.6 Å². The summed E-state index contributed by atoms with van der Waals surface area (Å²) < 4.78 is 32.1. The number of aromatic nitrogens is 4. The molecule has 0 spiro atoms. The first kappa shape index (κ1) is 24.8. The zero-order valence-electron chi connectivity index (χ0n) is 20.4. The van der Waals surface area contributed by atoms with Crippen molar-refractivity contribution in [3.63, 3.8) is 0 Å². The van der Waals surface area contributed by atoms with Crippen molar-refractivity contribution in [1.82, 2.24) is 18.7 Å². The molecule has 2 N–H and O–H groups in total. The largest absolute Gasteiger partial charge is 0.332 e. The van der Waals surface area contributed by atoms with E-state index in [0.29, 0.717) is 16.8 Å². The number of nitrogens with one attached hydrogen (secondary N) is 2. The molecular weight excluding hydrogens is 514 g/mol. The van der Waals surface area contributed by atoms with Crippen LogP contribution in [0.3, 0.4) is 0 Å². The lowest BCUT2D eigenvalue weighted by Gasteiger charge is -2.12. The Bertz CT molecular complexity index is 1910. The SMILES string of the molecule is CC(=O)c1ccc(NC(=O)Cn2c(NC3=NS(=O)(=O)c4ccccc43)nc3c2c(=O)n(C)c(=O)n3C)cc1. The first-order chi connectivity index (χ1) is 18.0. The summed E-state index contributed by atoms with van der Waals surface area (Å²) in [6.07, 6.45) is 0. The van der Waals surface area contributed by atoms with Crippen molar-refractivity contribution in [2.75, 3.05) is 10.6 Å². The Hall–Kier alpha value is -4.85. The highest BCUT2D eigenvalue weighted by Crippen LogP contribution is 2.27. The Labute approximate surface area is 215 Å². The van der Waals surface area contributed by atoms with Gasteiger partial charge in [-0.25, -0.2) is 4.79 Å². The van der Waals surface area contributed by atoms with Crippen LogP contribution in [-0.2, 0) is 35.5 Å². The molecule has 2 aromatic heterocycles. The van der Waals surface area contributed by atoms with Gasteiger partial charge in [-0.2, -0.15) is 13.4 Å². The van der Waals surface area contributed by atoms with E-state index in [1.165, 1.54) is 31.7 Å². The van der Waals surface area contributed by atoms with E-state index in [9.17, 15) is 27.6 Å². The second kappa shape index (κ2) is 8.92. The molecule has 14 heteroatoms. The van der Waals surface area contributed by atoms with Crippen molar-refractivity contribution >= 4 is 50.3 Å². The lowest BCUT2D eigenvalue weighted by atomic mass is 10.1. The maximum atomic E-state index is 13.1. The Balaban J connectivity index is 1.58. The van der Waals surface area contributed by atoms with Crippen molar-refractivity contribution in [3.05, 3.63) is 80.5 Å². The Kier molecular flexibility index (Phi) is 5.83. The molecule has 0 saturated heterocycles. The monoisotopic (exact) mass is 535 g/mol. The predicted molar refractivity (Wildman–Crippen MR) is 139 cm³/mol. The highest BCUT2D eigenvalue weighted by Gasteiger charge is 2.30. The van der Waals surface area contributed by atoms with E-state index in [0.717, 1.165) is 9.13 Å². The fourth-order valence-corrected chi connectivity index (χ4v) is 5.31. The minimum Gasteiger partial charge on any atom is -0.325 e. The van der Waals surface area contributed by atoms with Crippen LogP contribution in [0.1, 0.15) is 22.8 Å². The molecule has 0 unspecified atom stereocenters. The van der Waals surface area contributed by atoms with Crippen molar-refractivity contribution in [3.8, 4) is 0 Å². The topological polar surface area (TPSA) is 167 Å². The lowest BCUT2D eigenvalue weighted by Crippen LogP contribution is -2.38. The highest BCUT2D eigenvalue weighted by atomic mass is 32.2. The molecule has 0 atom stereocenters. The fraction of sp³-hybridized carbons (Fsp3) is 0.167. The van der Waals surface area contributed by atoms with E-state index in [1.54, 1.807) is 42.5 Å². The quantitative estimate of drug-likeness (QED) is 0.355. The van der Waals surface area contributed by atoms with Crippen LogP contribution in [-0.4, -0.2) is 44.6 Å². The van der Waals surface area contributed by atoms with E-state index < -0.39 is 33.7 Å². The number of hydrogen-bond acceptors (Lipinski definition) is 8. The lowest BCUT2D eigenvalue weighted by molar-refractivity contribution is -0.116. The number of amides is 1. The average Bonchev–Trinajstić information content (AvgIpc) is 3.36. The zero-order chi connectivity index (χ0) is 27.4. The molecule has 0 aliphatic carbocycles. The number of aryl methyl sites for hydroxylation is 1. The molecule has 0 fully saturated rings. The van der Waals surface area contributed by atoms with Gasteiger partial charge in [-0.3, -0.25) is 28.1 Å². The second-order valence-electron chi connectivity index (χ2n) is 8.62. The molecule has 5 rings (SSSR count). The molecule has 2 aromatic carbocycles. The third kappa shape index (κ3) is 4.10. The van der Waals surface area contributed by atoms with Crippen LogP contribution in [0, 0.1) is 0 Å². The summed E-state index contributed by atoms with van der Waals surface area (Å²) in [5.74, 6) is -0.770. The van der Waals surface area contributed by atoms with Gasteiger partial charge in [0.05, 0.1) is 0 Å². The van der Waals surface area contributed by atoms with Gasteiger partial charge < -0.3 is 10.6 Å². The standard InChI is InChI=1S/C24H21N7O6S/c1-13(32)14-8-10-15(11-9-14)25-18(33)12-31-19-21(29(2)24(35)30(3)22(19)34)27-23(31)26-20-16-6-4-5-7-17(16)38(36,37)28-20/h4-11H,12H2,1-3H3,(H,25,33)(H,26,27,28). The van der Waals surface area contributed by atoms with E-state index in [4.69, 9.17) is 0 Å². The Morgan fingerprint density at radius 3 is 2.34 bits per heavy atom. The number of carbonyl (C=O) groups is 2. The molecule has 3 heterocycles. The first-order valence-corrected chi connectivity index (χ1v) is 12.7. The van der Waals surface area contributed by atoms with Gasteiger partial charge in [-0.1, -0.05) is 12.1 Å². The van der Waals surface area contributed by atoms with Crippen molar-refractivity contribution < 1.29 is 18.0 Å². The van der Waals surface area contributed by atoms with Gasteiger partial charge in [0, 0.05) is 30.9 Å². The molecule has 1 aliphatic rings. The normalized spacial score (nSPS) is 13.7. The minimum atomic E-state index is -3.96. The summed E-state index contributed by atoms with van der Waals surface area (Å²) in [4.78, 5) is 54.5. The molecule has 1 aliphatic heterocycles. The second-order valence-corrected chi connectivity index (χ2v) is 10.2. The summed E-state index contributed by atoms with van der Waals surface area (Å²) in [7, 11) is -1.23. The van der Waals surface area contributed by atoms with Gasteiger partial charge >= 0.3 is 5.69 Å². The van der Waals surface area contributed by atoms with Gasteiger partial charge in [-0.05, 0) is 43.3 Å². The number of benzene rings is 2. The molecule has 0 bridgehead atoms. The fourth-order valence-electron chi connectivity index (χ4n) is 4.13. The van der Waals surface area contributed by atoms with Crippen LogP contribution in [0.25, 0.3) is 11.2 Å². The van der Waals surface area contributed by atoms with E-state index in [1.807, 2.05) is 0 Å². The van der Waals surface area contributed by atoms with Gasteiger partial charge in [0.1, 0.15) is 11.4 Å². The molecule has 13 nitrogen and oxygen atoms in total. The van der Waals surface area contributed by atoms with Crippen LogP contribution < -0.4 is 21.9 Å². The number of rotatable bonds is 5. The summed E-state index contributed by atoms with van der Waals surface area (Å²) >= 11 is 0. The number of amidine groups is 1. The van der Waals surface area contributed by atoms with Crippen LogP contribution in [0.5, 0.6) is 0 Å². The summed E-state index contributed by atoms with van der Waals surface area (Å²) in [6.45, 7) is 1.01. The van der Waals surface area contributed by atoms with Crippen LogP contribution in [0.15, 0.2) is 67.4 Å². The minimum absolute atomic E-state index is 0.000209. The molecule has 0 radical (unpaired) electrons. The van der Waals surface area contributed by atoms with Crippen molar-refractivity contribution in [1.29, 1.82) is 0 Å². The number of Topliss-reactive ketones (excluding diaryl/α,β-unsaturated/α-hetero) is 1. The Morgan fingerprint density at radius 1 is 0.974 bits per heavy atom. The van der Waals surface area contributed by atoms with E-state index >= 15 is 0 Å². The summed E-state index contributed by atoms with van der Waals surface area (Å²) in [5.41, 5.74) is -0.180. The first-order valence-electron chi connectivity index (χ1n) is 11.3. The van der Waals surface area contributed by atoms with Gasteiger partial charge in [-0.15, -0.1) is 4.40 Å². The third-order valence-corrected chi connectivity index (χ3v) is 7.42. The number of carbonyl (C=O) groups excluding carboxylic acids is 2. The Morgan fingerprint density at radius 2 is 1.66 bits per heavy atom. The van der Waals surface area contributed by atoms with Crippen molar-refractivity contribution in [2.24, 2.45) is 18.5 Å². The molecule has 0 saturated carbocycles. The smallest absolute Gasteiger partial charge is 0.325 e. The van der Waals surface area contributed by atoms with Crippen LogP contribution >= 0.6 is 0 Å². The number of nitrogens with zero attached hydrogens (tertiary/aromatic N) is 5. The number of ketones is 1. The number of imidazole rings is 1. The average molecular weight is 536 g/mol. The maximum absolute atomic E-state index is 13.1. The zero-order valence-corrected chi connectivity index (χ0v) is 21.2. The van der Waals surface area contributed by atoms with Crippen LogP contribution in [0.2, 0.25) is 0 Å². The van der Waals surface area contributed by atoms with Gasteiger partial charge in [0.25, 0.3) is 15.6 Å². The highest BCUT2D eigenvalue weighted by molar-refractivity contribution is 7.90. The van der Waals surface area contributed by atoms with Gasteiger partial charge in [0.2, 0.25) is 11.9 Å². The van der Waals surface area contributed by atoms with Crippen molar-refractivity contribution in [2.45, 2.75) is 18.4 Å². The number of sulfonamides is 1.